The van der Waals surface area contributed by atoms with Crippen LogP contribution in [0.15, 0.2) is 30.6 Å². The zero-order valence-electron chi connectivity index (χ0n) is 16.1. The molecule has 0 spiro atoms. The van der Waals surface area contributed by atoms with Gasteiger partial charge >= 0.3 is 0 Å². The van der Waals surface area contributed by atoms with Gasteiger partial charge in [0.05, 0.1) is 0 Å². The van der Waals surface area contributed by atoms with Crippen LogP contribution in [0.4, 0.5) is 14.6 Å². The molecule has 0 N–H and O–H groups in total. The van der Waals surface area contributed by atoms with Crippen LogP contribution in [0.5, 0.6) is 11.6 Å². The molecule has 1 fully saturated rings. The molecule has 8 heteroatoms. The lowest BCUT2D eigenvalue weighted by Crippen LogP contribution is -2.54. The van der Waals surface area contributed by atoms with Crippen LogP contribution in [0, 0.1) is 11.6 Å². The van der Waals surface area contributed by atoms with Crippen molar-refractivity contribution in [2.75, 3.05) is 24.5 Å². The minimum Gasteiger partial charge on any atom is -0.439 e. The van der Waals surface area contributed by atoms with Crippen LogP contribution in [-0.2, 0) is 4.79 Å². The van der Waals surface area contributed by atoms with Gasteiger partial charge in [0.25, 0.3) is 0 Å². The van der Waals surface area contributed by atoms with Gasteiger partial charge in [-0.05, 0) is 25.5 Å². The summed E-state index contributed by atoms with van der Waals surface area (Å²) in [5.74, 6) is -0.659. The molecular formula is C20H24F2N4O2. The van der Waals surface area contributed by atoms with E-state index in [4.69, 9.17) is 4.74 Å². The number of carbonyl (C=O) groups is 1. The number of nitrogens with zero attached hydrogens (tertiary/aromatic N) is 4. The molecule has 1 atom stereocenters. The number of halogens is 2. The first kappa shape index (κ1) is 20.0. The van der Waals surface area contributed by atoms with Gasteiger partial charge in [0.1, 0.15) is 17.9 Å². The fraction of sp³-hybridized carbons (Fsp3) is 0.450. The van der Waals surface area contributed by atoms with Crippen LogP contribution in [0.3, 0.4) is 0 Å². The van der Waals surface area contributed by atoms with Crippen LogP contribution >= 0.6 is 0 Å². The van der Waals surface area contributed by atoms with Crippen molar-refractivity contribution in [3.63, 3.8) is 0 Å². The summed E-state index contributed by atoms with van der Waals surface area (Å²) in [5, 5.41) is 0. The summed E-state index contributed by atoms with van der Waals surface area (Å²) in [6.45, 7) is 6.04. The van der Waals surface area contributed by atoms with E-state index in [-0.39, 0.29) is 23.6 Å². The van der Waals surface area contributed by atoms with Crippen molar-refractivity contribution in [3.05, 3.63) is 42.2 Å². The number of hydrogen-bond acceptors (Lipinski definition) is 5. The topological polar surface area (TPSA) is 58.6 Å². The average molecular weight is 390 g/mol. The lowest BCUT2D eigenvalue weighted by atomic mass is 10.1. The van der Waals surface area contributed by atoms with Crippen molar-refractivity contribution in [2.45, 2.75) is 39.2 Å². The maximum Gasteiger partial charge on any atom is 0.224 e. The number of carbonyl (C=O) groups excluding carboxylic acids is 1. The molecule has 0 radical (unpaired) electrons. The zero-order valence-corrected chi connectivity index (χ0v) is 16.1. The van der Waals surface area contributed by atoms with Crippen molar-refractivity contribution in [3.8, 4) is 11.6 Å². The molecule has 1 aliphatic heterocycles. The van der Waals surface area contributed by atoms with Gasteiger partial charge in [0.15, 0.2) is 11.6 Å². The predicted molar refractivity (Wildman–Crippen MR) is 101 cm³/mol. The Kier molecular flexibility index (Phi) is 6.38. The van der Waals surface area contributed by atoms with Crippen LogP contribution in [0.25, 0.3) is 0 Å². The van der Waals surface area contributed by atoms with Crippen molar-refractivity contribution in [2.24, 2.45) is 0 Å². The smallest absolute Gasteiger partial charge is 0.224 e. The molecule has 1 amide bonds. The van der Waals surface area contributed by atoms with Crippen LogP contribution < -0.4 is 9.64 Å². The summed E-state index contributed by atoms with van der Waals surface area (Å²) in [4.78, 5) is 24.6. The SMILES string of the molecule is CCCCC(=O)N1CCN(c2cc(Oc3ccc(F)c(F)c3)ncn2)C[C@@H]1C. The second-order valence-electron chi connectivity index (χ2n) is 6.88. The van der Waals surface area contributed by atoms with E-state index in [9.17, 15) is 13.6 Å². The number of ether oxygens (including phenoxy) is 1. The number of piperazine rings is 1. The molecule has 28 heavy (non-hydrogen) atoms. The number of benzene rings is 1. The maximum atomic E-state index is 13.3. The summed E-state index contributed by atoms with van der Waals surface area (Å²) in [7, 11) is 0. The minimum atomic E-state index is -0.982. The van der Waals surface area contributed by atoms with E-state index in [1.165, 1.54) is 12.4 Å². The first-order valence-corrected chi connectivity index (χ1v) is 9.47. The predicted octanol–water partition coefficient (Wildman–Crippen LogP) is 3.77. The first-order chi connectivity index (χ1) is 13.5. The molecule has 3 rings (SSSR count). The Morgan fingerprint density at radius 3 is 2.75 bits per heavy atom. The summed E-state index contributed by atoms with van der Waals surface area (Å²) in [6, 6.07) is 5.04. The molecule has 1 aromatic heterocycles. The van der Waals surface area contributed by atoms with Gasteiger partial charge in [-0.1, -0.05) is 13.3 Å². The molecule has 0 saturated carbocycles. The number of rotatable bonds is 6. The van der Waals surface area contributed by atoms with Gasteiger partial charge in [-0.2, -0.15) is 0 Å². The lowest BCUT2D eigenvalue weighted by molar-refractivity contribution is -0.133. The number of amides is 1. The maximum absolute atomic E-state index is 13.3. The number of unbranched alkanes of at least 4 members (excludes halogenated alkanes) is 1. The highest BCUT2D eigenvalue weighted by atomic mass is 19.2. The van der Waals surface area contributed by atoms with E-state index in [2.05, 4.69) is 21.8 Å². The highest BCUT2D eigenvalue weighted by molar-refractivity contribution is 5.76. The van der Waals surface area contributed by atoms with Crippen molar-refractivity contribution in [1.29, 1.82) is 0 Å². The number of hydrogen-bond donors (Lipinski definition) is 0. The van der Waals surface area contributed by atoms with E-state index in [1.807, 2.05) is 11.8 Å². The molecule has 2 heterocycles. The monoisotopic (exact) mass is 390 g/mol. The van der Waals surface area contributed by atoms with Crippen molar-refractivity contribution in [1.82, 2.24) is 14.9 Å². The Morgan fingerprint density at radius 1 is 1.21 bits per heavy atom. The Hall–Kier alpha value is -2.77. The van der Waals surface area contributed by atoms with Gasteiger partial charge in [0.2, 0.25) is 11.8 Å². The molecule has 1 aromatic carbocycles. The number of aromatic nitrogens is 2. The third-order valence-electron chi connectivity index (χ3n) is 4.76. The molecule has 150 valence electrons. The zero-order chi connectivity index (χ0) is 20.1. The van der Waals surface area contributed by atoms with Crippen LogP contribution in [0.2, 0.25) is 0 Å². The normalized spacial score (nSPS) is 16.9. The largest absolute Gasteiger partial charge is 0.439 e. The fourth-order valence-corrected chi connectivity index (χ4v) is 3.23. The van der Waals surface area contributed by atoms with E-state index >= 15 is 0 Å². The van der Waals surface area contributed by atoms with E-state index in [1.54, 1.807) is 6.07 Å². The lowest BCUT2D eigenvalue weighted by Gasteiger charge is -2.40. The quantitative estimate of drug-likeness (QED) is 0.751. The Morgan fingerprint density at radius 2 is 2.04 bits per heavy atom. The molecule has 6 nitrogen and oxygen atoms in total. The highest BCUT2D eigenvalue weighted by Gasteiger charge is 2.27. The summed E-state index contributed by atoms with van der Waals surface area (Å²) < 4.78 is 31.9. The van der Waals surface area contributed by atoms with Crippen LogP contribution in [-0.4, -0.2) is 46.5 Å². The van der Waals surface area contributed by atoms with Crippen molar-refractivity contribution >= 4 is 11.7 Å². The second kappa shape index (κ2) is 8.95. The van der Waals surface area contributed by atoms with Crippen molar-refractivity contribution < 1.29 is 18.3 Å². The molecule has 2 aromatic rings. The van der Waals surface area contributed by atoms with E-state index in [0.29, 0.717) is 31.9 Å². The molecular weight excluding hydrogens is 366 g/mol. The third-order valence-corrected chi connectivity index (χ3v) is 4.76. The molecule has 0 unspecified atom stereocenters. The minimum absolute atomic E-state index is 0.0728. The summed E-state index contributed by atoms with van der Waals surface area (Å²) in [6.07, 6.45) is 3.86. The Bertz CT molecular complexity index is 834. The Labute approximate surface area is 163 Å². The second-order valence-corrected chi connectivity index (χ2v) is 6.88. The van der Waals surface area contributed by atoms with E-state index < -0.39 is 11.6 Å². The van der Waals surface area contributed by atoms with Gasteiger partial charge in [-0.15, -0.1) is 0 Å². The average Bonchev–Trinajstić information content (AvgIpc) is 2.69. The first-order valence-electron chi connectivity index (χ1n) is 9.47. The number of anilines is 1. The third kappa shape index (κ3) is 4.74. The van der Waals surface area contributed by atoms with Gasteiger partial charge in [-0.3, -0.25) is 4.79 Å². The van der Waals surface area contributed by atoms with Gasteiger partial charge < -0.3 is 14.5 Å². The molecule has 1 aliphatic rings. The van der Waals surface area contributed by atoms with Crippen LogP contribution in [0.1, 0.15) is 33.1 Å². The summed E-state index contributed by atoms with van der Waals surface area (Å²) >= 11 is 0. The Balaban J connectivity index is 1.66. The van der Waals surface area contributed by atoms with Gasteiger partial charge in [0, 0.05) is 44.2 Å². The molecule has 1 saturated heterocycles. The fourth-order valence-electron chi connectivity index (χ4n) is 3.23. The van der Waals surface area contributed by atoms with E-state index in [0.717, 1.165) is 25.0 Å². The standard InChI is InChI=1S/C20H24F2N4O2/c1-3-4-5-20(27)26-9-8-25(12-14(26)2)18-11-19(24-13-23-18)28-15-6-7-16(21)17(22)10-15/h6-7,10-11,13-14H,3-5,8-9,12H2,1-2H3/t14-/m0/s1. The summed E-state index contributed by atoms with van der Waals surface area (Å²) in [5.41, 5.74) is 0. The molecule has 0 bridgehead atoms. The highest BCUT2D eigenvalue weighted by Crippen LogP contribution is 2.25. The van der Waals surface area contributed by atoms with Gasteiger partial charge in [-0.25, -0.2) is 18.7 Å². The molecule has 0 aliphatic carbocycles.